The van der Waals surface area contributed by atoms with Gasteiger partial charge in [-0.25, -0.2) is 6.57 Å². The summed E-state index contributed by atoms with van der Waals surface area (Å²) in [4.78, 5) is 13.3. The second-order valence-electron chi connectivity index (χ2n) is 2.30. The molecule has 1 aliphatic carbocycles. The fourth-order valence-corrected chi connectivity index (χ4v) is 0.631. The van der Waals surface area contributed by atoms with Crippen LogP contribution >= 0.6 is 0 Å². The predicted octanol–water partition coefficient (Wildman–Crippen LogP) is 0.885. The van der Waals surface area contributed by atoms with Crippen molar-refractivity contribution in [2.24, 2.45) is 5.41 Å². The van der Waals surface area contributed by atoms with Crippen molar-refractivity contribution in [3.63, 3.8) is 0 Å². The molecule has 42 valence electrons. The van der Waals surface area contributed by atoms with E-state index in [0.717, 1.165) is 19.1 Å². The van der Waals surface area contributed by atoms with Gasteiger partial charge in [0.15, 0.2) is 0 Å². The number of carbonyl (C=O) groups excluding carboxylic acids is 1. The van der Waals surface area contributed by atoms with E-state index < -0.39 is 0 Å². The third-order valence-electron chi connectivity index (χ3n) is 1.54. The average molecular weight is 109 g/mol. The highest BCUT2D eigenvalue weighted by molar-refractivity contribution is 5.64. The monoisotopic (exact) mass is 109 g/mol. The van der Waals surface area contributed by atoms with Crippen LogP contribution < -0.4 is 0 Å². The Labute approximate surface area is 48.3 Å². The lowest BCUT2D eigenvalue weighted by Gasteiger charge is -1.90. The van der Waals surface area contributed by atoms with E-state index in [-0.39, 0.29) is 5.41 Å². The molecule has 1 saturated carbocycles. The Morgan fingerprint density at radius 1 is 1.75 bits per heavy atom. The second-order valence-corrected chi connectivity index (χ2v) is 2.30. The fraction of sp³-hybridized carbons (Fsp3) is 0.667. The Morgan fingerprint density at radius 3 is 2.50 bits per heavy atom. The number of hydrogen-bond acceptors (Lipinski definition) is 1. The molecule has 0 bridgehead atoms. The number of nitrogens with zero attached hydrogens (tertiary/aromatic N) is 1. The summed E-state index contributed by atoms with van der Waals surface area (Å²) in [6.07, 6.45) is 2.78. The van der Waals surface area contributed by atoms with Crippen LogP contribution in [0.25, 0.3) is 4.85 Å². The van der Waals surface area contributed by atoms with Crippen molar-refractivity contribution in [3.8, 4) is 0 Å². The van der Waals surface area contributed by atoms with Gasteiger partial charge in [-0.3, -0.25) is 0 Å². The van der Waals surface area contributed by atoms with E-state index in [2.05, 4.69) is 4.85 Å². The first-order chi connectivity index (χ1) is 3.83. The molecule has 0 N–H and O–H groups in total. The van der Waals surface area contributed by atoms with Crippen LogP contribution in [0.2, 0.25) is 0 Å². The van der Waals surface area contributed by atoms with Gasteiger partial charge in [-0.15, -0.1) is 0 Å². The van der Waals surface area contributed by atoms with Crippen LogP contribution in [-0.2, 0) is 4.79 Å². The zero-order valence-corrected chi connectivity index (χ0v) is 4.55. The topological polar surface area (TPSA) is 21.4 Å². The lowest BCUT2D eigenvalue weighted by atomic mass is 10.1. The van der Waals surface area contributed by atoms with Crippen LogP contribution in [0.5, 0.6) is 0 Å². The molecule has 2 heteroatoms. The molecule has 2 nitrogen and oxygen atoms in total. The van der Waals surface area contributed by atoms with Gasteiger partial charge in [0.25, 0.3) is 0 Å². The van der Waals surface area contributed by atoms with Crippen LogP contribution in [-0.4, -0.2) is 12.8 Å². The van der Waals surface area contributed by atoms with Crippen LogP contribution in [0.4, 0.5) is 0 Å². The maximum atomic E-state index is 10.1. The van der Waals surface area contributed by atoms with Crippen LogP contribution in [0.3, 0.4) is 0 Å². The molecule has 0 aromatic heterocycles. The molecule has 0 aromatic carbocycles. The molecule has 1 aliphatic rings. The SMILES string of the molecule is [C-]#[N+]CC1(C=O)CC1. The minimum Gasteiger partial charge on any atom is -0.316 e. The van der Waals surface area contributed by atoms with Gasteiger partial charge in [0.2, 0.25) is 6.54 Å². The molecule has 0 amide bonds. The highest BCUT2D eigenvalue weighted by Gasteiger charge is 2.46. The van der Waals surface area contributed by atoms with Crippen LogP contribution in [0, 0.1) is 12.0 Å². The van der Waals surface area contributed by atoms with Gasteiger partial charge in [0.05, 0.1) is 5.41 Å². The van der Waals surface area contributed by atoms with Crippen molar-refractivity contribution in [1.82, 2.24) is 0 Å². The van der Waals surface area contributed by atoms with Crippen molar-refractivity contribution < 1.29 is 4.79 Å². The zero-order valence-electron chi connectivity index (χ0n) is 4.55. The molecular weight excluding hydrogens is 102 g/mol. The average Bonchev–Trinajstić information content (AvgIpc) is 2.50. The normalized spacial score (nSPS) is 21.4. The quantitative estimate of drug-likeness (QED) is 0.381. The molecule has 1 rings (SSSR count). The van der Waals surface area contributed by atoms with Gasteiger partial charge in [0, 0.05) is 0 Å². The molecule has 0 atom stereocenters. The summed E-state index contributed by atoms with van der Waals surface area (Å²) in [5, 5.41) is 0. The maximum Gasteiger partial charge on any atom is 0.226 e. The summed E-state index contributed by atoms with van der Waals surface area (Å²) < 4.78 is 0. The third kappa shape index (κ3) is 0.717. The first-order valence-electron chi connectivity index (χ1n) is 2.62. The molecule has 0 aromatic rings. The number of carbonyl (C=O) groups is 1. The largest absolute Gasteiger partial charge is 0.316 e. The molecule has 0 spiro atoms. The first-order valence-corrected chi connectivity index (χ1v) is 2.62. The lowest BCUT2D eigenvalue weighted by molar-refractivity contribution is -0.111. The van der Waals surface area contributed by atoms with Gasteiger partial charge in [-0.2, -0.15) is 0 Å². The van der Waals surface area contributed by atoms with E-state index in [9.17, 15) is 4.79 Å². The molecule has 0 saturated heterocycles. The number of rotatable bonds is 2. The second kappa shape index (κ2) is 1.59. The maximum absolute atomic E-state index is 10.1. The third-order valence-corrected chi connectivity index (χ3v) is 1.54. The molecule has 1 fully saturated rings. The lowest BCUT2D eigenvalue weighted by Crippen LogP contribution is -2.03. The fourth-order valence-electron chi connectivity index (χ4n) is 0.631. The van der Waals surface area contributed by atoms with E-state index >= 15 is 0 Å². The molecular formula is C6H7NO. The molecule has 8 heavy (non-hydrogen) atoms. The number of aldehydes is 1. The van der Waals surface area contributed by atoms with Crippen LogP contribution in [0.15, 0.2) is 0 Å². The number of hydrogen-bond donors (Lipinski definition) is 0. The van der Waals surface area contributed by atoms with Crippen molar-refractivity contribution in [3.05, 3.63) is 11.4 Å². The summed E-state index contributed by atoms with van der Waals surface area (Å²) in [5.41, 5.74) is -0.193. The van der Waals surface area contributed by atoms with E-state index in [1.807, 2.05) is 0 Å². The molecule has 0 heterocycles. The van der Waals surface area contributed by atoms with Crippen molar-refractivity contribution in [1.29, 1.82) is 0 Å². The molecule has 0 aliphatic heterocycles. The highest BCUT2D eigenvalue weighted by atomic mass is 16.1. The summed E-state index contributed by atoms with van der Waals surface area (Å²) >= 11 is 0. The van der Waals surface area contributed by atoms with E-state index in [0.29, 0.717) is 6.54 Å². The van der Waals surface area contributed by atoms with Gasteiger partial charge >= 0.3 is 0 Å². The minimum atomic E-state index is -0.193. The van der Waals surface area contributed by atoms with Gasteiger partial charge < -0.3 is 9.64 Å². The highest BCUT2D eigenvalue weighted by Crippen LogP contribution is 2.43. The van der Waals surface area contributed by atoms with E-state index in [1.165, 1.54) is 0 Å². The van der Waals surface area contributed by atoms with Crippen molar-refractivity contribution in [2.45, 2.75) is 12.8 Å². The molecule has 0 radical (unpaired) electrons. The molecule has 0 unspecified atom stereocenters. The Hall–Kier alpha value is -0.840. The minimum absolute atomic E-state index is 0.193. The van der Waals surface area contributed by atoms with Crippen LogP contribution in [0.1, 0.15) is 12.8 Å². The Morgan fingerprint density at radius 2 is 2.38 bits per heavy atom. The summed E-state index contributed by atoms with van der Waals surface area (Å²) in [7, 11) is 0. The standard InChI is InChI=1S/C6H7NO/c1-7-4-6(5-8)2-3-6/h5H,2-4H2. The summed E-state index contributed by atoms with van der Waals surface area (Å²) in [6, 6.07) is 0. The summed E-state index contributed by atoms with van der Waals surface area (Å²) in [5.74, 6) is 0. The summed E-state index contributed by atoms with van der Waals surface area (Å²) in [6.45, 7) is 6.87. The van der Waals surface area contributed by atoms with Gasteiger partial charge in [-0.1, -0.05) is 0 Å². The van der Waals surface area contributed by atoms with Crippen molar-refractivity contribution in [2.75, 3.05) is 6.54 Å². The van der Waals surface area contributed by atoms with Gasteiger partial charge in [-0.05, 0) is 12.8 Å². The van der Waals surface area contributed by atoms with E-state index in [4.69, 9.17) is 6.57 Å². The Balaban J connectivity index is 2.44. The smallest absolute Gasteiger partial charge is 0.226 e. The predicted molar refractivity (Wildman–Crippen MR) is 29.2 cm³/mol. The Kier molecular flexibility index (Phi) is 1.05. The van der Waals surface area contributed by atoms with Gasteiger partial charge in [0.1, 0.15) is 6.29 Å². The zero-order chi connectivity index (χ0) is 6.04. The Bertz CT molecular complexity index is 141. The van der Waals surface area contributed by atoms with Crippen molar-refractivity contribution >= 4 is 6.29 Å². The first kappa shape index (κ1) is 5.30. The van der Waals surface area contributed by atoms with E-state index in [1.54, 1.807) is 0 Å².